The van der Waals surface area contributed by atoms with Crippen LogP contribution in [0.1, 0.15) is 44.2 Å². The van der Waals surface area contributed by atoms with E-state index in [4.69, 9.17) is 0 Å². The van der Waals surface area contributed by atoms with Crippen molar-refractivity contribution in [1.82, 2.24) is 10.3 Å². The number of rotatable bonds is 3. The molecule has 1 aromatic heterocycles. The number of hydrogen-bond donors (Lipinski definition) is 2. The molecule has 84 valence electrons. The van der Waals surface area contributed by atoms with Gasteiger partial charge in [-0.25, -0.2) is 0 Å². The minimum absolute atomic E-state index is 0.731. The predicted octanol–water partition coefficient (Wildman–Crippen LogP) is 3.59. The molecule has 1 fully saturated rings. The van der Waals surface area contributed by atoms with Gasteiger partial charge in [-0.05, 0) is 34.8 Å². The first kappa shape index (κ1) is 11.2. The standard InChI is InChI=1S/C12H19BrN2/c13-10-7-12(14-8-10)9-15-11-5-3-1-2-4-6-11/h7-8,11,14-15H,1-6,9H2. The van der Waals surface area contributed by atoms with Gasteiger partial charge in [0.15, 0.2) is 0 Å². The summed E-state index contributed by atoms with van der Waals surface area (Å²) in [6.07, 6.45) is 10.3. The third-order valence-electron chi connectivity index (χ3n) is 3.14. The molecule has 1 aliphatic carbocycles. The Morgan fingerprint density at radius 3 is 2.60 bits per heavy atom. The third kappa shape index (κ3) is 3.65. The molecule has 1 aliphatic rings. The lowest BCUT2D eigenvalue weighted by Gasteiger charge is -2.15. The Kier molecular flexibility index (Phi) is 4.27. The van der Waals surface area contributed by atoms with Gasteiger partial charge in [0.25, 0.3) is 0 Å². The Morgan fingerprint density at radius 2 is 2.00 bits per heavy atom. The Labute approximate surface area is 100.0 Å². The van der Waals surface area contributed by atoms with E-state index in [0.29, 0.717) is 0 Å². The molecule has 0 amide bonds. The van der Waals surface area contributed by atoms with Crippen LogP contribution in [0.5, 0.6) is 0 Å². The van der Waals surface area contributed by atoms with E-state index in [2.05, 4.69) is 32.3 Å². The zero-order valence-electron chi connectivity index (χ0n) is 9.06. The van der Waals surface area contributed by atoms with E-state index in [1.165, 1.54) is 44.2 Å². The van der Waals surface area contributed by atoms with Crippen molar-refractivity contribution in [2.45, 2.75) is 51.1 Å². The maximum atomic E-state index is 3.64. The predicted molar refractivity (Wildman–Crippen MR) is 66.8 cm³/mol. The molecule has 1 saturated carbocycles. The summed E-state index contributed by atoms with van der Waals surface area (Å²) in [6.45, 7) is 0.969. The van der Waals surface area contributed by atoms with Gasteiger partial charge < -0.3 is 10.3 Å². The van der Waals surface area contributed by atoms with Crippen LogP contribution < -0.4 is 5.32 Å². The Balaban J connectivity index is 1.76. The summed E-state index contributed by atoms with van der Waals surface area (Å²) in [4.78, 5) is 3.25. The molecule has 0 aromatic carbocycles. The second kappa shape index (κ2) is 5.71. The van der Waals surface area contributed by atoms with Crippen molar-refractivity contribution in [3.63, 3.8) is 0 Å². The van der Waals surface area contributed by atoms with Crippen molar-refractivity contribution in [3.8, 4) is 0 Å². The van der Waals surface area contributed by atoms with Crippen molar-refractivity contribution in [2.75, 3.05) is 0 Å². The second-order valence-corrected chi connectivity index (χ2v) is 5.33. The average Bonchev–Trinajstić information content (AvgIpc) is 2.52. The van der Waals surface area contributed by atoms with Crippen LogP contribution in [0.25, 0.3) is 0 Å². The lowest BCUT2D eigenvalue weighted by Crippen LogP contribution is -2.27. The van der Waals surface area contributed by atoms with Crippen molar-refractivity contribution >= 4 is 15.9 Å². The number of hydrogen-bond acceptors (Lipinski definition) is 1. The van der Waals surface area contributed by atoms with Gasteiger partial charge in [0.05, 0.1) is 0 Å². The van der Waals surface area contributed by atoms with Crippen LogP contribution in [0.3, 0.4) is 0 Å². The minimum Gasteiger partial charge on any atom is -0.363 e. The molecule has 0 atom stereocenters. The quantitative estimate of drug-likeness (QED) is 0.808. The van der Waals surface area contributed by atoms with Gasteiger partial charge in [0.1, 0.15) is 0 Å². The van der Waals surface area contributed by atoms with Gasteiger partial charge in [-0.3, -0.25) is 0 Å². The first-order chi connectivity index (χ1) is 7.34. The van der Waals surface area contributed by atoms with Gasteiger partial charge in [-0.1, -0.05) is 25.7 Å². The highest BCUT2D eigenvalue weighted by molar-refractivity contribution is 9.10. The van der Waals surface area contributed by atoms with E-state index in [9.17, 15) is 0 Å². The SMILES string of the molecule is Brc1c[nH]c(CNC2CCCCCC2)c1. The lowest BCUT2D eigenvalue weighted by molar-refractivity contribution is 0.456. The van der Waals surface area contributed by atoms with Gasteiger partial charge in [-0.2, -0.15) is 0 Å². The smallest absolute Gasteiger partial charge is 0.0360 e. The largest absolute Gasteiger partial charge is 0.363 e. The van der Waals surface area contributed by atoms with Crippen LogP contribution in [0.4, 0.5) is 0 Å². The highest BCUT2D eigenvalue weighted by Crippen LogP contribution is 2.18. The van der Waals surface area contributed by atoms with E-state index >= 15 is 0 Å². The van der Waals surface area contributed by atoms with E-state index in [-0.39, 0.29) is 0 Å². The lowest BCUT2D eigenvalue weighted by atomic mass is 10.1. The summed E-state index contributed by atoms with van der Waals surface area (Å²) >= 11 is 3.45. The van der Waals surface area contributed by atoms with Crippen molar-refractivity contribution in [1.29, 1.82) is 0 Å². The molecule has 3 heteroatoms. The molecule has 0 radical (unpaired) electrons. The molecule has 0 saturated heterocycles. The molecule has 2 N–H and O–H groups in total. The van der Waals surface area contributed by atoms with Crippen LogP contribution in [-0.2, 0) is 6.54 Å². The van der Waals surface area contributed by atoms with Crippen molar-refractivity contribution in [3.05, 3.63) is 22.4 Å². The maximum absolute atomic E-state index is 3.64. The summed E-state index contributed by atoms with van der Waals surface area (Å²) in [5.41, 5.74) is 1.27. The molecule has 0 unspecified atom stereocenters. The zero-order chi connectivity index (χ0) is 10.5. The van der Waals surface area contributed by atoms with E-state index in [1.54, 1.807) is 0 Å². The molecule has 15 heavy (non-hydrogen) atoms. The molecule has 1 aromatic rings. The second-order valence-electron chi connectivity index (χ2n) is 4.41. The molecule has 2 rings (SSSR count). The first-order valence-corrected chi connectivity index (χ1v) is 6.70. The minimum atomic E-state index is 0.731. The van der Waals surface area contributed by atoms with Crippen molar-refractivity contribution < 1.29 is 0 Å². The van der Waals surface area contributed by atoms with Crippen LogP contribution in [0.15, 0.2) is 16.7 Å². The number of aromatic nitrogens is 1. The fraction of sp³-hybridized carbons (Fsp3) is 0.667. The number of H-pyrrole nitrogens is 1. The van der Waals surface area contributed by atoms with Gasteiger partial charge in [0.2, 0.25) is 0 Å². The fourth-order valence-electron chi connectivity index (χ4n) is 2.25. The molecule has 1 heterocycles. The molecule has 0 bridgehead atoms. The summed E-state index contributed by atoms with van der Waals surface area (Å²) < 4.78 is 1.14. The number of halogens is 1. The highest BCUT2D eigenvalue weighted by atomic mass is 79.9. The molecule has 0 spiro atoms. The molecule has 0 aliphatic heterocycles. The van der Waals surface area contributed by atoms with E-state index in [1.807, 2.05) is 6.20 Å². The van der Waals surface area contributed by atoms with E-state index in [0.717, 1.165) is 17.1 Å². The Bertz CT molecular complexity index is 288. The van der Waals surface area contributed by atoms with Crippen LogP contribution in [0, 0.1) is 0 Å². The summed E-state index contributed by atoms with van der Waals surface area (Å²) in [5, 5.41) is 3.64. The van der Waals surface area contributed by atoms with Crippen LogP contribution in [-0.4, -0.2) is 11.0 Å². The molecular formula is C12H19BrN2. The monoisotopic (exact) mass is 270 g/mol. The summed E-state index contributed by atoms with van der Waals surface area (Å²) in [5.74, 6) is 0. The maximum Gasteiger partial charge on any atom is 0.0360 e. The molecular weight excluding hydrogens is 252 g/mol. The zero-order valence-corrected chi connectivity index (χ0v) is 10.6. The van der Waals surface area contributed by atoms with Gasteiger partial charge in [0, 0.05) is 29.0 Å². The van der Waals surface area contributed by atoms with Crippen LogP contribution in [0.2, 0.25) is 0 Å². The average molecular weight is 271 g/mol. The van der Waals surface area contributed by atoms with E-state index < -0.39 is 0 Å². The molecule has 2 nitrogen and oxygen atoms in total. The third-order valence-corrected chi connectivity index (χ3v) is 3.60. The van der Waals surface area contributed by atoms with Crippen LogP contribution >= 0.6 is 15.9 Å². The normalized spacial score (nSPS) is 19.0. The highest BCUT2D eigenvalue weighted by Gasteiger charge is 2.11. The van der Waals surface area contributed by atoms with Crippen molar-refractivity contribution in [2.24, 2.45) is 0 Å². The fourth-order valence-corrected chi connectivity index (χ4v) is 2.64. The number of nitrogens with one attached hydrogen (secondary N) is 2. The van der Waals surface area contributed by atoms with Gasteiger partial charge in [-0.15, -0.1) is 0 Å². The first-order valence-electron chi connectivity index (χ1n) is 5.91. The number of aromatic amines is 1. The topological polar surface area (TPSA) is 27.8 Å². The Morgan fingerprint density at radius 1 is 1.27 bits per heavy atom. The summed E-state index contributed by atoms with van der Waals surface area (Å²) in [6, 6.07) is 2.87. The Hall–Kier alpha value is -0.280. The van der Waals surface area contributed by atoms with Gasteiger partial charge >= 0.3 is 0 Å². The summed E-state index contributed by atoms with van der Waals surface area (Å²) in [7, 11) is 0.